The lowest BCUT2D eigenvalue weighted by Gasteiger charge is -2.14. The van der Waals surface area contributed by atoms with E-state index in [9.17, 15) is 13.2 Å². The Labute approximate surface area is 182 Å². The van der Waals surface area contributed by atoms with Gasteiger partial charge in [0.1, 0.15) is 4.90 Å². The van der Waals surface area contributed by atoms with Crippen LogP contribution in [0.5, 0.6) is 0 Å². The number of hydrogen-bond donors (Lipinski definition) is 2. The molecule has 0 bridgehead atoms. The fourth-order valence-corrected chi connectivity index (χ4v) is 4.52. The zero-order chi connectivity index (χ0) is 21.7. The van der Waals surface area contributed by atoms with Crippen molar-refractivity contribution in [2.45, 2.75) is 24.7 Å². The molecule has 5 nitrogen and oxygen atoms in total. The van der Waals surface area contributed by atoms with Gasteiger partial charge in [0.25, 0.3) is 15.9 Å². The fourth-order valence-electron chi connectivity index (χ4n) is 2.93. The zero-order valence-electron chi connectivity index (χ0n) is 16.7. The molecule has 0 aliphatic heterocycles. The van der Waals surface area contributed by atoms with Crippen molar-refractivity contribution in [3.8, 4) is 0 Å². The van der Waals surface area contributed by atoms with Crippen molar-refractivity contribution < 1.29 is 13.2 Å². The second-order valence-corrected chi connectivity index (χ2v) is 9.20. The molecule has 0 fully saturated rings. The molecule has 0 heterocycles. The summed E-state index contributed by atoms with van der Waals surface area (Å²) in [4.78, 5) is 12.5. The van der Waals surface area contributed by atoms with Gasteiger partial charge in [0.15, 0.2) is 0 Å². The molecule has 3 aromatic rings. The van der Waals surface area contributed by atoms with Crippen molar-refractivity contribution in [1.29, 1.82) is 0 Å². The first-order valence-corrected chi connectivity index (χ1v) is 11.3. The first kappa shape index (κ1) is 21.9. The quantitative estimate of drug-likeness (QED) is 0.541. The number of anilines is 1. The van der Waals surface area contributed by atoms with Crippen molar-refractivity contribution in [3.63, 3.8) is 0 Å². The van der Waals surface area contributed by atoms with Crippen LogP contribution in [-0.4, -0.2) is 20.9 Å². The van der Waals surface area contributed by atoms with Crippen LogP contribution in [0.4, 0.5) is 5.69 Å². The summed E-state index contributed by atoms with van der Waals surface area (Å²) in [5.41, 5.74) is 2.77. The number of nitrogens with one attached hydrogen (secondary N) is 2. The van der Waals surface area contributed by atoms with Gasteiger partial charge in [-0.05, 0) is 48.7 Å². The third-order valence-corrected chi connectivity index (χ3v) is 6.59. The highest BCUT2D eigenvalue weighted by Gasteiger charge is 2.21. The highest BCUT2D eigenvalue weighted by atomic mass is 35.5. The lowest BCUT2D eigenvalue weighted by Crippen LogP contribution is -2.27. The Bertz CT molecular complexity index is 1130. The van der Waals surface area contributed by atoms with E-state index in [2.05, 4.69) is 10.0 Å². The fraction of sp³-hybridized carbons (Fsp3) is 0.174. The maximum Gasteiger partial charge on any atom is 0.263 e. The predicted molar refractivity (Wildman–Crippen MR) is 121 cm³/mol. The Kier molecular flexibility index (Phi) is 6.80. The van der Waals surface area contributed by atoms with Gasteiger partial charge in [-0.2, -0.15) is 0 Å². The van der Waals surface area contributed by atoms with Crippen LogP contribution in [0.3, 0.4) is 0 Å². The molecule has 1 amide bonds. The lowest BCUT2D eigenvalue weighted by molar-refractivity contribution is 0.0951. The first-order valence-electron chi connectivity index (χ1n) is 9.48. The van der Waals surface area contributed by atoms with Crippen molar-refractivity contribution in [3.05, 3.63) is 94.5 Å². The van der Waals surface area contributed by atoms with Gasteiger partial charge in [0.2, 0.25) is 0 Å². The minimum atomic E-state index is -3.95. The van der Waals surface area contributed by atoms with Gasteiger partial charge in [0, 0.05) is 17.8 Å². The summed E-state index contributed by atoms with van der Waals surface area (Å²) in [6.07, 6.45) is 0. The summed E-state index contributed by atoms with van der Waals surface area (Å²) >= 11 is 6.13. The van der Waals surface area contributed by atoms with E-state index >= 15 is 0 Å². The van der Waals surface area contributed by atoms with E-state index in [1.807, 2.05) is 44.2 Å². The van der Waals surface area contributed by atoms with E-state index in [-0.39, 0.29) is 27.3 Å². The Morgan fingerprint density at radius 1 is 1.00 bits per heavy atom. The topological polar surface area (TPSA) is 75.3 Å². The van der Waals surface area contributed by atoms with Gasteiger partial charge in [-0.1, -0.05) is 66.6 Å². The van der Waals surface area contributed by atoms with Gasteiger partial charge in [-0.3, -0.25) is 9.52 Å². The van der Waals surface area contributed by atoms with Crippen molar-refractivity contribution in [1.82, 2.24) is 5.32 Å². The number of hydrogen-bond acceptors (Lipinski definition) is 3. The van der Waals surface area contributed by atoms with Crippen LogP contribution in [0.2, 0.25) is 5.02 Å². The van der Waals surface area contributed by atoms with Crippen LogP contribution < -0.4 is 10.0 Å². The summed E-state index contributed by atoms with van der Waals surface area (Å²) in [5, 5.41) is 2.90. The van der Waals surface area contributed by atoms with Crippen LogP contribution in [0.15, 0.2) is 77.7 Å². The van der Waals surface area contributed by atoms with Gasteiger partial charge in [0.05, 0.1) is 5.02 Å². The largest absolute Gasteiger partial charge is 0.351 e. The third-order valence-electron chi connectivity index (χ3n) is 4.72. The molecule has 2 N–H and O–H groups in total. The standard InChI is InChI=1S/C23H23ClN2O3S/c1-16-8-11-20(12-9-16)26-30(28,29)22-14-19(10-13-21(22)24)23(27)25-15-17(2)18-6-4-3-5-7-18/h3-14,17,26H,15H2,1-2H3,(H,25,27). The SMILES string of the molecule is Cc1ccc(NS(=O)(=O)c2cc(C(=O)NCC(C)c3ccccc3)ccc2Cl)cc1. The highest BCUT2D eigenvalue weighted by molar-refractivity contribution is 7.92. The third kappa shape index (κ3) is 5.40. The summed E-state index contributed by atoms with van der Waals surface area (Å²) in [6.45, 7) is 4.35. The molecule has 156 valence electrons. The Hall–Kier alpha value is -2.83. The highest BCUT2D eigenvalue weighted by Crippen LogP contribution is 2.25. The van der Waals surface area contributed by atoms with Gasteiger partial charge >= 0.3 is 0 Å². The number of aryl methyl sites for hydroxylation is 1. The van der Waals surface area contributed by atoms with Crippen molar-refractivity contribution in [2.75, 3.05) is 11.3 Å². The second-order valence-electron chi connectivity index (χ2n) is 7.14. The normalized spacial score (nSPS) is 12.2. The second kappa shape index (κ2) is 9.32. The Morgan fingerprint density at radius 3 is 2.33 bits per heavy atom. The molecular formula is C23H23ClN2O3S. The monoisotopic (exact) mass is 442 g/mol. The molecule has 30 heavy (non-hydrogen) atoms. The maximum atomic E-state index is 12.8. The summed E-state index contributed by atoms with van der Waals surface area (Å²) < 4.78 is 28.1. The van der Waals surface area contributed by atoms with E-state index in [1.54, 1.807) is 24.3 Å². The zero-order valence-corrected chi connectivity index (χ0v) is 18.3. The smallest absolute Gasteiger partial charge is 0.263 e. The molecule has 0 spiro atoms. The Balaban J connectivity index is 1.75. The molecule has 0 aliphatic rings. The molecule has 0 saturated heterocycles. The van der Waals surface area contributed by atoms with E-state index in [1.165, 1.54) is 18.2 Å². The Morgan fingerprint density at radius 2 is 1.67 bits per heavy atom. The number of sulfonamides is 1. The average molecular weight is 443 g/mol. The minimum Gasteiger partial charge on any atom is -0.351 e. The van der Waals surface area contributed by atoms with E-state index in [0.29, 0.717) is 12.2 Å². The lowest BCUT2D eigenvalue weighted by atomic mass is 10.0. The van der Waals surface area contributed by atoms with E-state index < -0.39 is 10.0 Å². The van der Waals surface area contributed by atoms with Crippen LogP contribution in [0.1, 0.15) is 34.3 Å². The van der Waals surface area contributed by atoms with Gasteiger partial charge < -0.3 is 5.32 Å². The molecule has 3 rings (SSSR count). The molecule has 0 radical (unpaired) electrons. The number of amides is 1. The molecule has 1 unspecified atom stereocenters. The molecule has 0 saturated carbocycles. The van der Waals surface area contributed by atoms with E-state index in [0.717, 1.165) is 11.1 Å². The number of rotatable bonds is 7. The summed E-state index contributed by atoms with van der Waals surface area (Å²) in [7, 11) is -3.95. The van der Waals surface area contributed by atoms with Crippen molar-refractivity contribution >= 4 is 33.2 Å². The van der Waals surface area contributed by atoms with Crippen molar-refractivity contribution in [2.24, 2.45) is 0 Å². The van der Waals surface area contributed by atoms with Gasteiger partial charge in [-0.25, -0.2) is 8.42 Å². The number of benzene rings is 3. The molecular weight excluding hydrogens is 420 g/mol. The number of carbonyl (C=O) groups is 1. The summed E-state index contributed by atoms with van der Waals surface area (Å²) in [6, 6.07) is 21.0. The maximum absolute atomic E-state index is 12.8. The molecule has 0 aliphatic carbocycles. The van der Waals surface area contributed by atoms with Crippen LogP contribution in [0.25, 0.3) is 0 Å². The van der Waals surface area contributed by atoms with E-state index in [4.69, 9.17) is 11.6 Å². The number of carbonyl (C=O) groups excluding carboxylic acids is 1. The first-order chi connectivity index (χ1) is 14.3. The molecule has 0 aromatic heterocycles. The number of halogens is 1. The van der Waals surface area contributed by atoms with Crippen LogP contribution in [-0.2, 0) is 10.0 Å². The van der Waals surface area contributed by atoms with Crippen LogP contribution in [0, 0.1) is 6.92 Å². The predicted octanol–water partition coefficient (Wildman–Crippen LogP) is 4.98. The van der Waals surface area contributed by atoms with Crippen LogP contribution >= 0.6 is 11.6 Å². The minimum absolute atomic E-state index is 0.0452. The molecule has 3 aromatic carbocycles. The summed E-state index contributed by atoms with van der Waals surface area (Å²) in [5.74, 6) is -0.241. The molecule has 7 heteroatoms. The van der Waals surface area contributed by atoms with Gasteiger partial charge in [-0.15, -0.1) is 0 Å². The average Bonchev–Trinajstić information content (AvgIpc) is 2.74. The molecule has 1 atom stereocenters.